The summed E-state index contributed by atoms with van der Waals surface area (Å²) in [5.41, 5.74) is 0. The Balaban J connectivity index is 5.50. The molecule has 168 valence electrons. The summed E-state index contributed by atoms with van der Waals surface area (Å²) in [5, 5.41) is 19.3. The highest BCUT2D eigenvalue weighted by Crippen LogP contribution is 2.58. The summed E-state index contributed by atoms with van der Waals surface area (Å²) in [6, 6.07) is 0. The van der Waals surface area contributed by atoms with Gasteiger partial charge in [-0.3, -0.25) is 18.4 Å². The summed E-state index contributed by atoms with van der Waals surface area (Å²) in [4.78, 5) is 72.0. The van der Waals surface area contributed by atoms with Gasteiger partial charge >= 0.3 is 31.3 Å². The first-order chi connectivity index (χ1) is 12.2. The van der Waals surface area contributed by atoms with E-state index in [4.69, 9.17) is 29.4 Å². The number of rotatable bonds is 13. The Hall–Kier alpha value is 0.0700. The van der Waals surface area contributed by atoms with Crippen LogP contribution in [0.25, 0.3) is 0 Å². The molecule has 22 heteroatoms. The third-order valence-corrected chi connectivity index (χ3v) is 5.39. The fourth-order valence-electron chi connectivity index (χ4n) is 1.31. The van der Waals surface area contributed by atoms with E-state index in [0.717, 1.165) is 0 Å². The molecule has 0 saturated heterocycles. The summed E-state index contributed by atoms with van der Waals surface area (Å²) < 4.78 is 58.2. The van der Waals surface area contributed by atoms with E-state index in [1.54, 1.807) is 0 Å². The van der Waals surface area contributed by atoms with Crippen molar-refractivity contribution in [3.63, 3.8) is 0 Å². The maximum absolute atomic E-state index is 11.8. The number of phosphoric ester groups is 3. The SMILES string of the molecule is O=C(COP(=O)(O)O)[C@@H](OP(=O)(O)OP(=O)(O)O)[C@H](O)[C@H](O)COP(=O)(O)O. The highest BCUT2D eigenvalue weighted by Gasteiger charge is 2.43. The summed E-state index contributed by atoms with van der Waals surface area (Å²) in [6.07, 6.45) is -7.89. The highest BCUT2D eigenvalue weighted by atomic mass is 31.3. The van der Waals surface area contributed by atoms with Crippen LogP contribution < -0.4 is 0 Å². The van der Waals surface area contributed by atoms with Crippen LogP contribution in [0.3, 0.4) is 0 Å². The predicted molar refractivity (Wildman–Crippen MR) is 80.8 cm³/mol. The molecule has 0 bridgehead atoms. The van der Waals surface area contributed by atoms with Crippen molar-refractivity contribution in [2.75, 3.05) is 13.2 Å². The Morgan fingerprint density at radius 1 is 0.786 bits per heavy atom. The Kier molecular flexibility index (Phi) is 10.4. The van der Waals surface area contributed by atoms with Gasteiger partial charge in [-0.1, -0.05) is 0 Å². The number of hydrogen-bond acceptors (Lipinski definition) is 11. The Bertz CT molecular complexity index is 714. The lowest BCUT2D eigenvalue weighted by molar-refractivity contribution is -0.141. The van der Waals surface area contributed by atoms with Gasteiger partial charge in [-0.25, -0.2) is 18.3 Å². The zero-order valence-electron chi connectivity index (χ0n) is 13.1. The average molecular weight is 500 g/mol. The topological polar surface area (TPSA) is 304 Å². The number of carbonyl (C=O) groups excluding carboxylic acids is 1. The summed E-state index contributed by atoms with van der Waals surface area (Å²) in [6.45, 7) is -2.99. The molecule has 0 saturated carbocycles. The number of hydrogen-bond donors (Lipinski definition) is 9. The van der Waals surface area contributed by atoms with E-state index in [1.165, 1.54) is 0 Å². The van der Waals surface area contributed by atoms with Gasteiger partial charge < -0.3 is 44.5 Å². The monoisotopic (exact) mass is 500 g/mol. The molecule has 0 aromatic heterocycles. The fraction of sp³-hybridized carbons (Fsp3) is 0.833. The van der Waals surface area contributed by atoms with Crippen molar-refractivity contribution in [2.45, 2.75) is 18.3 Å². The molecule has 0 fully saturated rings. The molecule has 0 aliphatic heterocycles. The van der Waals surface area contributed by atoms with Gasteiger partial charge in [0.25, 0.3) is 0 Å². The molecule has 0 amide bonds. The van der Waals surface area contributed by atoms with Crippen molar-refractivity contribution in [1.82, 2.24) is 0 Å². The Morgan fingerprint density at radius 2 is 1.25 bits per heavy atom. The van der Waals surface area contributed by atoms with Gasteiger partial charge in [0.2, 0.25) is 0 Å². The van der Waals surface area contributed by atoms with Crippen molar-refractivity contribution in [3.8, 4) is 0 Å². The van der Waals surface area contributed by atoms with E-state index in [1.807, 2.05) is 0 Å². The van der Waals surface area contributed by atoms with Crippen LogP contribution in [0.15, 0.2) is 0 Å². The average Bonchev–Trinajstić information content (AvgIpc) is 2.43. The number of ketones is 1. The predicted octanol–water partition coefficient (Wildman–Crippen LogP) is -2.91. The second kappa shape index (κ2) is 10.4. The maximum atomic E-state index is 11.8. The van der Waals surface area contributed by atoms with E-state index in [9.17, 15) is 38.2 Å². The lowest BCUT2D eigenvalue weighted by Gasteiger charge is -2.27. The Labute approximate surface area is 155 Å². The minimum Gasteiger partial charge on any atom is -0.388 e. The molecule has 0 spiro atoms. The van der Waals surface area contributed by atoms with Crippen LogP contribution in [-0.2, 0) is 40.9 Å². The molecule has 0 heterocycles. The lowest BCUT2D eigenvalue weighted by atomic mass is 10.1. The van der Waals surface area contributed by atoms with Crippen molar-refractivity contribution in [1.29, 1.82) is 0 Å². The van der Waals surface area contributed by atoms with E-state index in [0.29, 0.717) is 0 Å². The molecular weight excluding hydrogens is 484 g/mol. The maximum Gasteiger partial charge on any atom is 0.481 e. The zero-order chi connectivity index (χ0) is 22.6. The molecule has 0 rings (SSSR count). The van der Waals surface area contributed by atoms with Crippen molar-refractivity contribution >= 4 is 37.1 Å². The Morgan fingerprint density at radius 3 is 1.64 bits per heavy atom. The third-order valence-electron chi connectivity index (χ3n) is 2.27. The number of aliphatic hydroxyl groups excluding tert-OH is 2. The normalized spacial score (nSPS) is 18.9. The molecule has 0 radical (unpaired) electrons. The van der Waals surface area contributed by atoms with Crippen LogP contribution in [0.5, 0.6) is 0 Å². The molecular formula is C6H16O18P4. The standard InChI is InChI=1S/C6H16O18P4/c7-3(1-21-25(10,11)12)5(9)6(4(8)2-22-26(13,14)15)23-28(19,20)24-27(16,17)18/h3,5-7,9H,1-2H2,(H,19,20)(H2,10,11,12)(H2,13,14,15)(H2,16,17,18)/t3-,5-,6-/m1/s1. The molecule has 9 N–H and O–H groups in total. The smallest absolute Gasteiger partial charge is 0.388 e. The number of Topliss-reactive ketones (excluding diaryl/α,β-unsaturated/α-hetero) is 1. The number of phosphoric acid groups is 4. The first kappa shape index (κ1) is 28.1. The van der Waals surface area contributed by atoms with Crippen molar-refractivity contribution in [2.24, 2.45) is 0 Å². The second-order valence-corrected chi connectivity index (χ2v) is 9.90. The summed E-state index contributed by atoms with van der Waals surface area (Å²) >= 11 is 0. The van der Waals surface area contributed by atoms with E-state index in [-0.39, 0.29) is 0 Å². The van der Waals surface area contributed by atoms with E-state index in [2.05, 4.69) is 17.9 Å². The molecule has 28 heavy (non-hydrogen) atoms. The van der Waals surface area contributed by atoms with Gasteiger partial charge in [-0.15, -0.1) is 0 Å². The van der Waals surface area contributed by atoms with Crippen LogP contribution in [-0.4, -0.2) is 81.8 Å². The zero-order valence-corrected chi connectivity index (χ0v) is 16.7. The molecule has 0 aromatic rings. The van der Waals surface area contributed by atoms with Gasteiger partial charge in [-0.05, 0) is 0 Å². The largest absolute Gasteiger partial charge is 0.481 e. The fourth-order valence-corrected chi connectivity index (χ4v) is 3.71. The van der Waals surface area contributed by atoms with Crippen LogP contribution in [0, 0.1) is 0 Å². The van der Waals surface area contributed by atoms with Crippen molar-refractivity contribution < 1.29 is 85.4 Å². The third kappa shape index (κ3) is 13.3. The van der Waals surface area contributed by atoms with E-state index < -0.39 is 68.6 Å². The highest BCUT2D eigenvalue weighted by molar-refractivity contribution is 7.60. The number of carbonyl (C=O) groups is 1. The summed E-state index contributed by atoms with van der Waals surface area (Å²) in [7, 11) is -22.0. The second-order valence-electron chi connectivity index (χ2n) is 4.64. The van der Waals surface area contributed by atoms with Crippen LogP contribution in [0.1, 0.15) is 0 Å². The molecule has 18 nitrogen and oxygen atoms in total. The lowest BCUT2D eigenvalue weighted by Crippen LogP contribution is -2.46. The minimum absolute atomic E-state index is 1.38. The summed E-state index contributed by atoms with van der Waals surface area (Å²) in [5.74, 6) is -1.75. The van der Waals surface area contributed by atoms with Gasteiger partial charge in [0, 0.05) is 0 Å². The molecule has 1 unspecified atom stereocenters. The molecule has 4 atom stereocenters. The number of aliphatic hydroxyl groups is 2. The van der Waals surface area contributed by atoms with Crippen molar-refractivity contribution in [3.05, 3.63) is 0 Å². The first-order valence-electron chi connectivity index (χ1n) is 6.29. The molecule has 0 aromatic carbocycles. The van der Waals surface area contributed by atoms with Crippen LogP contribution >= 0.6 is 31.3 Å². The molecule has 0 aliphatic carbocycles. The first-order valence-corrected chi connectivity index (χ1v) is 12.4. The van der Waals surface area contributed by atoms with Gasteiger partial charge in [-0.2, -0.15) is 4.31 Å². The minimum atomic E-state index is -5.83. The van der Waals surface area contributed by atoms with Gasteiger partial charge in [0.1, 0.15) is 18.8 Å². The molecule has 0 aliphatic rings. The van der Waals surface area contributed by atoms with Gasteiger partial charge in [0.05, 0.1) is 6.61 Å². The van der Waals surface area contributed by atoms with E-state index >= 15 is 0 Å². The quantitative estimate of drug-likeness (QED) is 0.114. The van der Waals surface area contributed by atoms with Crippen LogP contribution in [0.4, 0.5) is 0 Å². The van der Waals surface area contributed by atoms with Crippen LogP contribution in [0.2, 0.25) is 0 Å². The van der Waals surface area contributed by atoms with Gasteiger partial charge in [0.15, 0.2) is 11.9 Å².